The van der Waals surface area contributed by atoms with Crippen LogP contribution < -0.4 is 15.5 Å². The molecule has 3 rings (SSSR count). The minimum Gasteiger partial charge on any atom is -0.377 e. The van der Waals surface area contributed by atoms with Crippen LogP contribution in [0.4, 0.5) is 11.8 Å². The van der Waals surface area contributed by atoms with Gasteiger partial charge in [-0.25, -0.2) is 4.98 Å². The first-order valence-electron chi connectivity index (χ1n) is 7.54. The molecule has 1 saturated heterocycles. The third kappa shape index (κ3) is 3.51. The van der Waals surface area contributed by atoms with Crippen LogP contribution in [0.3, 0.4) is 0 Å². The first-order valence-corrected chi connectivity index (χ1v) is 8.33. The van der Waals surface area contributed by atoms with E-state index in [1.807, 2.05) is 6.07 Å². The number of nitrogens with zero attached hydrogens (tertiary/aromatic N) is 3. The van der Waals surface area contributed by atoms with Crippen molar-refractivity contribution in [3.05, 3.63) is 34.7 Å². The average molecular weight is 395 g/mol. The number of methoxy groups -OCH3 is 1. The normalized spacial score (nSPS) is 20.2. The van der Waals surface area contributed by atoms with Crippen molar-refractivity contribution in [2.75, 3.05) is 37.5 Å². The predicted molar refractivity (Wildman–Crippen MR) is 94.3 cm³/mol. The number of carbonyl (C=O) groups excluding carboxylic acids is 1. The molecule has 0 aromatic carbocycles. The van der Waals surface area contributed by atoms with Crippen LogP contribution in [-0.2, 0) is 4.74 Å². The van der Waals surface area contributed by atoms with E-state index in [0.29, 0.717) is 24.7 Å². The summed E-state index contributed by atoms with van der Waals surface area (Å²) in [6, 6.07) is 3.46. The van der Waals surface area contributed by atoms with Gasteiger partial charge in [0.25, 0.3) is 5.91 Å². The van der Waals surface area contributed by atoms with Crippen LogP contribution in [0.5, 0.6) is 0 Å². The molecule has 3 heterocycles. The number of aromatic amines is 1. The Morgan fingerprint density at radius 3 is 3.00 bits per heavy atom. The van der Waals surface area contributed by atoms with Crippen molar-refractivity contribution in [2.45, 2.75) is 12.1 Å². The zero-order valence-electron chi connectivity index (χ0n) is 13.4. The van der Waals surface area contributed by atoms with Crippen molar-refractivity contribution < 1.29 is 9.53 Å². The van der Waals surface area contributed by atoms with Gasteiger partial charge in [0, 0.05) is 44.1 Å². The lowest BCUT2D eigenvalue weighted by Gasteiger charge is -2.18. The Morgan fingerprint density at radius 2 is 2.33 bits per heavy atom. The van der Waals surface area contributed by atoms with Crippen molar-refractivity contribution in [1.29, 1.82) is 0 Å². The maximum Gasteiger partial charge on any atom is 0.268 e. The number of hydrogen-bond donors (Lipinski definition) is 3. The minimum atomic E-state index is -0.159. The van der Waals surface area contributed by atoms with Gasteiger partial charge in [-0.3, -0.25) is 4.79 Å². The second kappa shape index (κ2) is 7.18. The summed E-state index contributed by atoms with van der Waals surface area (Å²) in [5.74, 6) is 1.20. The highest BCUT2D eigenvalue weighted by atomic mass is 79.9. The molecule has 0 radical (unpaired) electrons. The molecular weight excluding hydrogens is 376 g/mol. The number of hydrogen-bond acceptors (Lipinski definition) is 6. The van der Waals surface area contributed by atoms with E-state index < -0.39 is 0 Å². The van der Waals surface area contributed by atoms with E-state index in [1.165, 1.54) is 0 Å². The fourth-order valence-electron chi connectivity index (χ4n) is 2.73. The number of H-pyrrole nitrogens is 1. The summed E-state index contributed by atoms with van der Waals surface area (Å²) in [7, 11) is 3.43. The van der Waals surface area contributed by atoms with Crippen LogP contribution in [0.1, 0.15) is 10.5 Å². The van der Waals surface area contributed by atoms with Crippen LogP contribution in [0.2, 0.25) is 0 Å². The highest BCUT2D eigenvalue weighted by Crippen LogP contribution is 2.21. The molecule has 8 nitrogen and oxygen atoms in total. The van der Waals surface area contributed by atoms with Gasteiger partial charge < -0.3 is 25.3 Å². The zero-order valence-corrected chi connectivity index (χ0v) is 15.0. The zero-order chi connectivity index (χ0) is 17.1. The molecule has 1 aliphatic rings. The molecule has 3 N–H and O–H groups in total. The highest BCUT2D eigenvalue weighted by molar-refractivity contribution is 9.10. The fourth-order valence-corrected chi connectivity index (χ4v) is 3.07. The highest BCUT2D eigenvalue weighted by Gasteiger charge is 2.35. The number of nitrogens with one attached hydrogen (secondary N) is 3. The molecule has 1 fully saturated rings. The number of halogens is 1. The van der Waals surface area contributed by atoms with Gasteiger partial charge in [-0.15, -0.1) is 0 Å². The van der Waals surface area contributed by atoms with E-state index in [2.05, 4.69) is 46.4 Å². The standard InChI is InChI=1S/C15H19BrN6O2/c1-17-15-18-4-3-13(21-15)22-7-11(12(8-22)24-2)20-14(23)10-5-9(16)6-19-10/h3-6,11-12,19H,7-8H2,1-2H3,(H,20,23)(H,17,18,21)/t11-,12+/m1/s1. The Hall–Kier alpha value is -2.13. The number of rotatable bonds is 5. The van der Waals surface area contributed by atoms with Crippen molar-refractivity contribution >= 4 is 33.6 Å². The molecule has 2 aromatic heterocycles. The van der Waals surface area contributed by atoms with Gasteiger partial charge in [-0.2, -0.15) is 4.98 Å². The number of anilines is 2. The molecule has 0 spiro atoms. The van der Waals surface area contributed by atoms with Crippen LogP contribution in [0.15, 0.2) is 29.0 Å². The number of amides is 1. The topological polar surface area (TPSA) is 95.2 Å². The maximum absolute atomic E-state index is 12.3. The van der Waals surface area contributed by atoms with E-state index in [-0.39, 0.29) is 18.1 Å². The van der Waals surface area contributed by atoms with Gasteiger partial charge in [-0.1, -0.05) is 0 Å². The van der Waals surface area contributed by atoms with Gasteiger partial charge >= 0.3 is 0 Å². The van der Waals surface area contributed by atoms with Gasteiger partial charge in [0.15, 0.2) is 0 Å². The first kappa shape index (κ1) is 16.7. The van der Waals surface area contributed by atoms with Crippen molar-refractivity contribution in [3.63, 3.8) is 0 Å². The quantitative estimate of drug-likeness (QED) is 0.705. The third-order valence-electron chi connectivity index (χ3n) is 3.97. The molecule has 0 aliphatic carbocycles. The third-order valence-corrected chi connectivity index (χ3v) is 4.42. The predicted octanol–water partition coefficient (Wildman–Crippen LogP) is 1.24. The molecule has 2 aromatic rings. The summed E-state index contributed by atoms with van der Waals surface area (Å²) in [5.41, 5.74) is 0.509. The van der Waals surface area contributed by atoms with E-state index in [0.717, 1.165) is 10.3 Å². The SMILES string of the molecule is CNc1nccc(N2C[C@H](OC)[C@H](NC(=O)c3cc(Br)c[nH]3)C2)n1. The number of ether oxygens (including phenoxy) is 1. The lowest BCUT2D eigenvalue weighted by Crippen LogP contribution is -2.43. The second-order valence-electron chi connectivity index (χ2n) is 5.48. The number of carbonyl (C=O) groups is 1. The Labute approximate surface area is 148 Å². The van der Waals surface area contributed by atoms with E-state index >= 15 is 0 Å². The van der Waals surface area contributed by atoms with Crippen molar-refractivity contribution in [2.24, 2.45) is 0 Å². The first-order chi connectivity index (χ1) is 11.6. The smallest absolute Gasteiger partial charge is 0.268 e. The monoisotopic (exact) mass is 394 g/mol. The minimum absolute atomic E-state index is 0.111. The van der Waals surface area contributed by atoms with Gasteiger partial charge in [0.05, 0.1) is 12.1 Å². The van der Waals surface area contributed by atoms with Crippen molar-refractivity contribution in [1.82, 2.24) is 20.3 Å². The van der Waals surface area contributed by atoms with Crippen LogP contribution in [0, 0.1) is 0 Å². The van der Waals surface area contributed by atoms with Crippen LogP contribution >= 0.6 is 15.9 Å². The maximum atomic E-state index is 12.3. The van der Waals surface area contributed by atoms with Gasteiger partial charge in [0.2, 0.25) is 5.95 Å². The summed E-state index contributed by atoms with van der Waals surface area (Å²) in [5, 5.41) is 5.95. The average Bonchev–Trinajstić information content (AvgIpc) is 3.21. The molecular formula is C15H19BrN6O2. The Kier molecular flexibility index (Phi) is 5.00. The Morgan fingerprint density at radius 1 is 1.50 bits per heavy atom. The van der Waals surface area contributed by atoms with Crippen LogP contribution in [-0.4, -0.2) is 60.3 Å². The lowest BCUT2D eigenvalue weighted by molar-refractivity contribution is 0.0778. The van der Waals surface area contributed by atoms with Crippen molar-refractivity contribution in [3.8, 4) is 0 Å². The summed E-state index contributed by atoms with van der Waals surface area (Å²) >= 11 is 3.33. The van der Waals surface area contributed by atoms with Gasteiger partial charge in [-0.05, 0) is 28.1 Å². The molecule has 1 amide bonds. The Balaban J connectivity index is 1.71. The van der Waals surface area contributed by atoms with E-state index in [9.17, 15) is 4.79 Å². The number of aromatic nitrogens is 3. The molecule has 1 aliphatic heterocycles. The lowest BCUT2D eigenvalue weighted by atomic mass is 10.2. The molecule has 0 unspecified atom stereocenters. The molecule has 2 atom stereocenters. The molecule has 9 heteroatoms. The molecule has 24 heavy (non-hydrogen) atoms. The fraction of sp³-hybridized carbons (Fsp3) is 0.400. The summed E-state index contributed by atoms with van der Waals surface area (Å²) < 4.78 is 6.38. The summed E-state index contributed by atoms with van der Waals surface area (Å²) in [6.45, 7) is 1.27. The molecule has 128 valence electrons. The summed E-state index contributed by atoms with van der Waals surface area (Å²) in [4.78, 5) is 25.9. The molecule has 0 bridgehead atoms. The Bertz CT molecular complexity index is 721. The van der Waals surface area contributed by atoms with Gasteiger partial charge in [0.1, 0.15) is 11.5 Å². The largest absolute Gasteiger partial charge is 0.377 e. The molecule has 0 saturated carbocycles. The van der Waals surface area contributed by atoms with Crippen LogP contribution in [0.25, 0.3) is 0 Å². The second-order valence-corrected chi connectivity index (χ2v) is 6.39. The van der Waals surface area contributed by atoms with E-state index in [4.69, 9.17) is 4.74 Å². The van der Waals surface area contributed by atoms with E-state index in [1.54, 1.807) is 32.6 Å². The summed E-state index contributed by atoms with van der Waals surface area (Å²) in [6.07, 6.45) is 3.32.